The molecule has 1 aliphatic heterocycles. The van der Waals surface area contributed by atoms with Gasteiger partial charge in [-0.05, 0) is 49.8 Å². The molecule has 3 rings (SSSR count). The summed E-state index contributed by atoms with van der Waals surface area (Å²) in [5.74, 6) is -1.04. The van der Waals surface area contributed by atoms with Crippen LogP contribution in [0.5, 0.6) is 5.75 Å². The lowest BCUT2D eigenvalue weighted by molar-refractivity contribution is -0.110. The number of amides is 1. The molecular weight excluding hydrogens is 376 g/mol. The lowest BCUT2D eigenvalue weighted by atomic mass is 10.1. The van der Waals surface area contributed by atoms with Crippen LogP contribution in [0.3, 0.4) is 0 Å². The molecule has 29 heavy (non-hydrogen) atoms. The van der Waals surface area contributed by atoms with Crippen LogP contribution in [0.1, 0.15) is 25.8 Å². The van der Waals surface area contributed by atoms with E-state index in [1.807, 2.05) is 0 Å². The summed E-state index contributed by atoms with van der Waals surface area (Å²) in [5.41, 5.74) is 1.85. The normalized spacial score (nSPS) is 14.2. The summed E-state index contributed by atoms with van der Waals surface area (Å²) in [5, 5.41) is 5.52. The molecule has 7 heteroatoms. The zero-order chi connectivity index (χ0) is 20.8. The summed E-state index contributed by atoms with van der Waals surface area (Å²) < 4.78 is 33.1. The highest BCUT2D eigenvalue weighted by Gasteiger charge is 2.24. The molecule has 0 fully saturated rings. The number of benzene rings is 2. The Kier molecular flexibility index (Phi) is 6.82. The predicted octanol–water partition coefficient (Wildman–Crippen LogP) is 4.48. The Bertz CT molecular complexity index is 911. The molecule has 0 aromatic heterocycles. The van der Waals surface area contributed by atoms with Crippen LogP contribution in [0, 0.1) is 11.6 Å². The third kappa shape index (κ3) is 5.12. The van der Waals surface area contributed by atoms with E-state index in [-0.39, 0.29) is 11.7 Å². The van der Waals surface area contributed by atoms with Crippen LogP contribution in [-0.2, 0) is 4.79 Å². The zero-order valence-corrected chi connectivity index (χ0v) is 16.6. The lowest BCUT2D eigenvalue weighted by Gasteiger charge is -2.17. The SMILES string of the molecule is CCN(CC)CCCOc1ccc(N/C=C2/C(=O)Nc3cc(F)ccc32)cc1F. The summed E-state index contributed by atoms with van der Waals surface area (Å²) in [7, 11) is 0. The van der Waals surface area contributed by atoms with Crippen molar-refractivity contribution in [2.45, 2.75) is 20.3 Å². The molecule has 154 valence electrons. The molecule has 2 N–H and O–H groups in total. The Balaban J connectivity index is 1.60. The summed E-state index contributed by atoms with van der Waals surface area (Å²) >= 11 is 0. The van der Waals surface area contributed by atoms with E-state index in [2.05, 4.69) is 29.4 Å². The number of ether oxygens (including phenoxy) is 1. The molecule has 0 radical (unpaired) electrons. The van der Waals surface area contributed by atoms with E-state index in [1.165, 1.54) is 30.5 Å². The number of nitrogens with one attached hydrogen (secondary N) is 2. The quantitative estimate of drug-likeness (QED) is 0.481. The first-order chi connectivity index (χ1) is 14.0. The van der Waals surface area contributed by atoms with Crippen molar-refractivity contribution in [1.82, 2.24) is 4.90 Å². The number of nitrogens with zero attached hydrogens (tertiary/aromatic N) is 1. The topological polar surface area (TPSA) is 53.6 Å². The maximum atomic E-state index is 14.3. The van der Waals surface area contributed by atoms with E-state index in [0.29, 0.717) is 29.1 Å². The number of fused-ring (bicyclic) bond motifs is 1. The molecule has 0 bridgehead atoms. The minimum absolute atomic E-state index is 0.196. The predicted molar refractivity (Wildman–Crippen MR) is 111 cm³/mol. The van der Waals surface area contributed by atoms with Crippen molar-refractivity contribution >= 4 is 22.9 Å². The number of carbonyl (C=O) groups excluding carboxylic acids is 1. The highest BCUT2D eigenvalue weighted by atomic mass is 19.1. The fourth-order valence-corrected chi connectivity index (χ4v) is 3.18. The molecule has 1 heterocycles. The second kappa shape index (κ2) is 9.52. The maximum absolute atomic E-state index is 14.3. The second-order valence-corrected chi connectivity index (χ2v) is 6.72. The summed E-state index contributed by atoms with van der Waals surface area (Å²) in [6.07, 6.45) is 2.31. The molecule has 1 aliphatic rings. The van der Waals surface area contributed by atoms with Crippen LogP contribution in [-0.4, -0.2) is 37.0 Å². The van der Waals surface area contributed by atoms with Gasteiger partial charge in [-0.2, -0.15) is 0 Å². The molecular formula is C22H25F2N3O2. The first-order valence-corrected chi connectivity index (χ1v) is 9.74. The summed E-state index contributed by atoms with van der Waals surface area (Å²) in [6.45, 7) is 7.54. The van der Waals surface area contributed by atoms with E-state index >= 15 is 0 Å². The van der Waals surface area contributed by atoms with Gasteiger partial charge in [-0.1, -0.05) is 13.8 Å². The van der Waals surface area contributed by atoms with Crippen molar-refractivity contribution < 1.29 is 18.3 Å². The van der Waals surface area contributed by atoms with Gasteiger partial charge in [-0.25, -0.2) is 8.78 Å². The summed E-state index contributed by atoms with van der Waals surface area (Å²) in [6, 6.07) is 8.64. The Hall–Kier alpha value is -2.93. The highest BCUT2D eigenvalue weighted by Crippen LogP contribution is 2.32. The lowest BCUT2D eigenvalue weighted by Crippen LogP contribution is -2.25. The number of anilines is 2. The average molecular weight is 401 g/mol. The second-order valence-electron chi connectivity index (χ2n) is 6.72. The van der Waals surface area contributed by atoms with Crippen LogP contribution in [0.2, 0.25) is 0 Å². The van der Waals surface area contributed by atoms with Crippen molar-refractivity contribution in [1.29, 1.82) is 0 Å². The third-order valence-electron chi connectivity index (χ3n) is 4.85. The number of hydrogen-bond donors (Lipinski definition) is 2. The number of hydrogen-bond acceptors (Lipinski definition) is 4. The van der Waals surface area contributed by atoms with Gasteiger partial charge in [0.05, 0.1) is 17.9 Å². The van der Waals surface area contributed by atoms with Crippen molar-refractivity contribution in [3.63, 3.8) is 0 Å². The van der Waals surface area contributed by atoms with E-state index in [9.17, 15) is 13.6 Å². The third-order valence-corrected chi connectivity index (χ3v) is 4.85. The maximum Gasteiger partial charge on any atom is 0.257 e. The van der Waals surface area contributed by atoms with Crippen molar-refractivity contribution in [2.24, 2.45) is 0 Å². The molecule has 0 saturated heterocycles. The molecule has 5 nitrogen and oxygen atoms in total. The van der Waals surface area contributed by atoms with Gasteiger partial charge in [0, 0.05) is 30.1 Å². The van der Waals surface area contributed by atoms with Gasteiger partial charge in [0.15, 0.2) is 11.6 Å². The highest BCUT2D eigenvalue weighted by molar-refractivity contribution is 6.31. The Morgan fingerprint density at radius 2 is 1.93 bits per heavy atom. The Morgan fingerprint density at radius 3 is 2.66 bits per heavy atom. The van der Waals surface area contributed by atoms with Gasteiger partial charge >= 0.3 is 0 Å². The van der Waals surface area contributed by atoms with Crippen molar-refractivity contribution in [3.8, 4) is 5.75 Å². The minimum atomic E-state index is -0.477. The Morgan fingerprint density at radius 1 is 1.14 bits per heavy atom. The molecule has 0 atom stereocenters. The van der Waals surface area contributed by atoms with Crippen LogP contribution in [0.4, 0.5) is 20.2 Å². The number of carbonyl (C=O) groups is 1. The van der Waals surface area contributed by atoms with Crippen molar-refractivity contribution in [3.05, 3.63) is 59.8 Å². The standard InChI is InChI=1S/C22H25F2N3O2/c1-3-27(4-2)10-5-11-29-21-9-7-16(13-19(21)24)25-14-18-17-8-6-15(23)12-20(17)26-22(18)28/h6-9,12-14,25H,3-5,10-11H2,1-2H3,(H,26,28)/b18-14+. The first-order valence-electron chi connectivity index (χ1n) is 9.74. The largest absolute Gasteiger partial charge is 0.490 e. The molecule has 0 aliphatic carbocycles. The molecule has 1 amide bonds. The molecule has 2 aromatic rings. The molecule has 0 saturated carbocycles. The van der Waals surface area contributed by atoms with Crippen LogP contribution < -0.4 is 15.4 Å². The molecule has 2 aromatic carbocycles. The van der Waals surface area contributed by atoms with Crippen LogP contribution in [0.25, 0.3) is 5.57 Å². The molecule has 0 spiro atoms. The fourth-order valence-electron chi connectivity index (χ4n) is 3.18. The van der Waals surface area contributed by atoms with E-state index in [1.54, 1.807) is 12.1 Å². The smallest absolute Gasteiger partial charge is 0.257 e. The van der Waals surface area contributed by atoms with E-state index in [0.717, 1.165) is 26.1 Å². The van der Waals surface area contributed by atoms with Gasteiger partial charge in [0.2, 0.25) is 0 Å². The van der Waals surface area contributed by atoms with Gasteiger partial charge < -0.3 is 20.3 Å². The van der Waals surface area contributed by atoms with Crippen molar-refractivity contribution in [2.75, 3.05) is 36.9 Å². The average Bonchev–Trinajstić information content (AvgIpc) is 3.01. The number of rotatable bonds is 9. The Labute approximate surface area is 169 Å². The monoisotopic (exact) mass is 401 g/mol. The summed E-state index contributed by atoms with van der Waals surface area (Å²) in [4.78, 5) is 14.4. The van der Waals surface area contributed by atoms with Gasteiger partial charge in [0.1, 0.15) is 5.82 Å². The van der Waals surface area contributed by atoms with E-state index in [4.69, 9.17) is 4.74 Å². The zero-order valence-electron chi connectivity index (χ0n) is 16.6. The van der Waals surface area contributed by atoms with E-state index < -0.39 is 11.6 Å². The minimum Gasteiger partial charge on any atom is -0.490 e. The fraction of sp³-hybridized carbons (Fsp3) is 0.318. The van der Waals surface area contributed by atoms with Gasteiger partial charge in [0.25, 0.3) is 5.91 Å². The van der Waals surface area contributed by atoms with Gasteiger partial charge in [-0.15, -0.1) is 0 Å². The first kappa shape index (κ1) is 20.8. The van der Waals surface area contributed by atoms with Gasteiger partial charge in [-0.3, -0.25) is 4.79 Å². The van der Waals surface area contributed by atoms with Crippen LogP contribution in [0.15, 0.2) is 42.6 Å². The number of halogens is 2. The molecule has 0 unspecified atom stereocenters. The van der Waals surface area contributed by atoms with Crippen LogP contribution >= 0.6 is 0 Å².